The molecule has 1 amide bonds. The number of pyridine rings is 2. The maximum atomic E-state index is 15.9. The van der Waals surface area contributed by atoms with Crippen molar-refractivity contribution in [3.63, 3.8) is 0 Å². The zero-order valence-electron chi connectivity index (χ0n) is 26.8. The van der Waals surface area contributed by atoms with Crippen molar-refractivity contribution in [1.82, 2.24) is 14.9 Å². The van der Waals surface area contributed by atoms with Crippen molar-refractivity contribution >= 4 is 19.8 Å². The molecule has 0 spiro atoms. The zero-order valence-corrected chi connectivity index (χ0v) is 27.7. The summed E-state index contributed by atoms with van der Waals surface area (Å²) in [6.07, 6.45) is -10.2. The van der Waals surface area contributed by atoms with Crippen molar-refractivity contribution < 1.29 is 54.5 Å². The first-order valence-corrected chi connectivity index (χ1v) is 16.4. The number of nitrogens with zero attached hydrogens (tertiary/aromatic N) is 3. The number of fused-ring (bicyclic) bond motifs is 3. The van der Waals surface area contributed by atoms with Gasteiger partial charge in [-0.1, -0.05) is 0 Å². The molecule has 16 heteroatoms. The number of benzene rings is 2. The van der Waals surface area contributed by atoms with E-state index in [9.17, 15) is 36.2 Å². The molecule has 1 N–H and O–H groups in total. The first-order valence-electron chi connectivity index (χ1n) is 15.5. The number of halogens is 8. The van der Waals surface area contributed by atoms with E-state index in [1.54, 1.807) is 19.9 Å². The Hall–Kier alpha value is -4.62. The Kier molecular flexibility index (Phi) is 8.18. The topological polar surface area (TPSA) is 84.8 Å². The van der Waals surface area contributed by atoms with Crippen LogP contribution in [-0.4, -0.2) is 44.7 Å². The second-order valence-electron chi connectivity index (χ2n) is 12.6. The van der Waals surface area contributed by atoms with Gasteiger partial charge in [-0.05, 0) is 91.4 Å². The third kappa shape index (κ3) is 5.99. The Labute approximate surface area is 286 Å². The number of aromatic nitrogens is 2. The highest BCUT2D eigenvalue weighted by atomic mass is 31.1. The van der Waals surface area contributed by atoms with E-state index in [2.05, 4.69) is 9.97 Å². The Morgan fingerprint density at radius 1 is 0.902 bits per heavy atom. The molecule has 3 atom stereocenters. The van der Waals surface area contributed by atoms with Crippen LogP contribution >= 0.6 is 8.20 Å². The SMILES string of the molecule is COc1ncc2cc1-c1ncc(C(F)(F)F)cc1[C@@H]1CC[C@H]3[C@H](OC(=O)N13)c1cc(C(F)(F)F)cc(c1)C(F)(F)/P=C(/O)c1cc(C)c-2c(C)c1. The van der Waals surface area contributed by atoms with E-state index in [0.29, 0.717) is 34.5 Å². The minimum atomic E-state index is -5.08. The summed E-state index contributed by atoms with van der Waals surface area (Å²) in [6.45, 7) is 3.30. The summed E-state index contributed by atoms with van der Waals surface area (Å²) in [4.78, 5) is 23.2. The molecule has 7 nitrogen and oxygen atoms in total. The summed E-state index contributed by atoms with van der Waals surface area (Å²) in [7, 11) is 0.302. The summed E-state index contributed by atoms with van der Waals surface area (Å²) in [5, 5.41) is 10.9. The fourth-order valence-electron chi connectivity index (χ4n) is 7.24. The Balaban J connectivity index is 1.54. The molecule has 51 heavy (non-hydrogen) atoms. The van der Waals surface area contributed by atoms with E-state index in [1.807, 2.05) is 0 Å². The van der Waals surface area contributed by atoms with Crippen LogP contribution in [0.1, 0.15) is 69.5 Å². The monoisotopic (exact) mass is 735 g/mol. The van der Waals surface area contributed by atoms with Gasteiger partial charge < -0.3 is 14.6 Å². The Morgan fingerprint density at radius 3 is 2.24 bits per heavy atom. The fourth-order valence-corrected chi connectivity index (χ4v) is 8.02. The number of methoxy groups -OCH3 is 1. The molecule has 4 aromatic rings. The van der Waals surface area contributed by atoms with Crippen LogP contribution in [0, 0.1) is 13.8 Å². The lowest BCUT2D eigenvalue weighted by Gasteiger charge is -2.26. The molecule has 4 aliphatic heterocycles. The van der Waals surface area contributed by atoms with Crippen LogP contribution in [0.4, 0.5) is 39.9 Å². The average Bonchev–Trinajstić information content (AvgIpc) is 3.63. The van der Waals surface area contributed by atoms with Crippen LogP contribution in [-0.2, 0) is 22.8 Å². The smallest absolute Gasteiger partial charge is 0.417 e. The van der Waals surface area contributed by atoms with Gasteiger partial charge in [-0.3, -0.25) is 9.88 Å². The number of carbonyl (C=O) groups excluding carboxylic acids is 1. The third-order valence-corrected chi connectivity index (χ3v) is 10.4. The van der Waals surface area contributed by atoms with Crippen LogP contribution < -0.4 is 4.74 Å². The van der Waals surface area contributed by atoms with Crippen LogP contribution in [0.15, 0.2) is 54.9 Å². The lowest BCUT2D eigenvalue weighted by atomic mass is 9.92. The summed E-state index contributed by atoms with van der Waals surface area (Å²) >= 11 is 0. The number of rotatable bonds is 1. The highest BCUT2D eigenvalue weighted by molar-refractivity contribution is 7.41. The van der Waals surface area contributed by atoms with E-state index in [0.717, 1.165) is 17.0 Å². The first kappa shape index (κ1) is 34.8. The van der Waals surface area contributed by atoms with Gasteiger partial charge in [-0.25, -0.2) is 9.78 Å². The van der Waals surface area contributed by atoms with Crippen LogP contribution in [0.5, 0.6) is 5.88 Å². The number of hydrogen-bond acceptors (Lipinski definition) is 5. The molecule has 2 saturated heterocycles. The van der Waals surface area contributed by atoms with Gasteiger partial charge in [0, 0.05) is 42.9 Å². The van der Waals surface area contributed by atoms with Gasteiger partial charge in [0.1, 0.15) is 11.6 Å². The molecule has 266 valence electrons. The first-order chi connectivity index (χ1) is 23.9. The lowest BCUT2D eigenvalue weighted by molar-refractivity contribution is -0.138. The van der Waals surface area contributed by atoms with Crippen molar-refractivity contribution in [2.75, 3.05) is 7.11 Å². The van der Waals surface area contributed by atoms with E-state index in [1.165, 1.54) is 25.4 Å². The average molecular weight is 736 g/mol. The van der Waals surface area contributed by atoms with Gasteiger partial charge in [0.15, 0.2) is 0 Å². The summed E-state index contributed by atoms with van der Waals surface area (Å²) in [5.74, 6) is 0.00463. The largest absolute Gasteiger partial charge is 0.481 e. The van der Waals surface area contributed by atoms with Gasteiger partial charge >= 0.3 is 24.1 Å². The van der Waals surface area contributed by atoms with Crippen molar-refractivity contribution in [1.29, 1.82) is 0 Å². The number of aliphatic hydroxyl groups is 1. The summed E-state index contributed by atoms with van der Waals surface area (Å²) in [5.41, 5.74) is -6.70. The number of ether oxygens (including phenoxy) is 2. The fraction of sp³-hybridized carbons (Fsp3) is 0.314. The van der Waals surface area contributed by atoms with Gasteiger partial charge in [-0.15, -0.1) is 0 Å². The molecule has 0 saturated carbocycles. The molecule has 10 bridgehead atoms. The molecule has 2 aromatic carbocycles. The predicted octanol–water partition coefficient (Wildman–Crippen LogP) is 9.73. The number of amides is 1. The third-order valence-electron chi connectivity index (χ3n) is 9.40. The predicted molar refractivity (Wildman–Crippen MR) is 169 cm³/mol. The molecule has 0 aliphatic carbocycles. The summed E-state index contributed by atoms with van der Waals surface area (Å²) < 4.78 is 128. The zero-order chi connectivity index (χ0) is 36.8. The quantitative estimate of drug-likeness (QED) is 0.155. The lowest BCUT2D eigenvalue weighted by Crippen LogP contribution is -2.31. The molecule has 0 unspecified atom stereocenters. The second-order valence-corrected chi connectivity index (χ2v) is 13.8. The van der Waals surface area contributed by atoms with Gasteiger partial charge in [-0.2, -0.15) is 35.1 Å². The van der Waals surface area contributed by atoms with Crippen molar-refractivity contribution in [3.05, 3.63) is 99.4 Å². The normalized spacial score (nSPS) is 22.0. The van der Waals surface area contributed by atoms with E-state index >= 15 is 8.78 Å². The van der Waals surface area contributed by atoms with Crippen molar-refractivity contribution in [2.45, 2.75) is 62.9 Å². The molecular weight excluding hydrogens is 709 g/mol. The highest BCUT2D eigenvalue weighted by Crippen LogP contribution is 2.52. The number of carbonyl (C=O) groups is 1. The minimum absolute atomic E-state index is 0.00463. The van der Waals surface area contributed by atoms with E-state index in [-0.39, 0.29) is 52.7 Å². The highest BCUT2D eigenvalue weighted by Gasteiger charge is 2.52. The van der Waals surface area contributed by atoms with Crippen LogP contribution in [0.25, 0.3) is 22.4 Å². The number of alkyl halides is 8. The van der Waals surface area contributed by atoms with E-state index < -0.39 is 72.7 Å². The van der Waals surface area contributed by atoms with Gasteiger partial charge in [0.2, 0.25) is 5.88 Å². The standard InChI is InChI=1S/C35H26F8N3O4P/c1-15-6-18-7-16(2)27(15)19-10-24(30(49-3)45-13-19)28-23(12-22(14-44-28)34(39,40)41)25-4-5-26-29(50-32(48)46(25)26)17-8-20(33(36,37)38)11-21(9-17)35(42,43)51-31(18)47/h6-14,25-26,29,47H,4-5H2,1-3H3/t25-,26-,29+/m0/s1. The van der Waals surface area contributed by atoms with Crippen LogP contribution in [0.2, 0.25) is 0 Å². The van der Waals surface area contributed by atoms with Crippen LogP contribution in [0.3, 0.4) is 0 Å². The molecule has 2 fully saturated rings. The molecule has 2 aromatic heterocycles. The van der Waals surface area contributed by atoms with Crippen molar-refractivity contribution in [2.24, 2.45) is 0 Å². The van der Waals surface area contributed by atoms with Gasteiger partial charge in [0.05, 0.1) is 41.6 Å². The molecule has 6 heterocycles. The number of hydrogen-bond donors (Lipinski definition) is 1. The maximum Gasteiger partial charge on any atom is 0.417 e. The summed E-state index contributed by atoms with van der Waals surface area (Å²) in [6, 6.07) is 4.90. The van der Waals surface area contributed by atoms with Gasteiger partial charge in [0.25, 0.3) is 0 Å². The number of aryl methyl sites for hydroxylation is 2. The Bertz CT molecular complexity index is 2110. The number of aliphatic hydroxyl groups excluding tert-OH is 1. The molecule has 8 rings (SSSR count). The maximum absolute atomic E-state index is 15.9. The Morgan fingerprint density at radius 2 is 1.59 bits per heavy atom. The second kappa shape index (κ2) is 12.0. The minimum Gasteiger partial charge on any atom is -0.481 e. The molecule has 0 radical (unpaired) electrons. The molecule has 4 aliphatic rings. The van der Waals surface area contributed by atoms with E-state index in [4.69, 9.17) is 9.47 Å². The molecular formula is C35H26F8N3O4P. The van der Waals surface area contributed by atoms with Crippen molar-refractivity contribution in [3.8, 4) is 28.3 Å².